The molecule has 0 spiro atoms. The van der Waals surface area contributed by atoms with Gasteiger partial charge in [0.25, 0.3) is 0 Å². The molecule has 3 atom stereocenters. The van der Waals surface area contributed by atoms with Crippen LogP contribution in [0.5, 0.6) is 0 Å². The highest BCUT2D eigenvalue weighted by Gasteiger charge is 2.25. The Bertz CT molecular complexity index is 2870. The van der Waals surface area contributed by atoms with Gasteiger partial charge in [0.2, 0.25) is 0 Å². The van der Waals surface area contributed by atoms with E-state index in [1.54, 1.807) is 11.3 Å². The zero-order valence-corrected chi connectivity index (χ0v) is 28.3. The molecule has 0 radical (unpaired) electrons. The van der Waals surface area contributed by atoms with E-state index in [-0.39, 0.29) is 18.6 Å². The van der Waals surface area contributed by atoms with E-state index in [1.165, 1.54) is 42.1 Å². The van der Waals surface area contributed by atoms with Crippen molar-refractivity contribution in [1.29, 1.82) is 0 Å². The van der Waals surface area contributed by atoms with Crippen LogP contribution in [-0.2, 0) is 0 Å². The fourth-order valence-electron chi connectivity index (χ4n) is 8.02. The molecule has 1 aliphatic rings. The van der Waals surface area contributed by atoms with Crippen molar-refractivity contribution in [2.75, 3.05) is 0 Å². The molecule has 3 unspecified atom stereocenters. The summed E-state index contributed by atoms with van der Waals surface area (Å²) in [5, 5.41) is 20.3. The number of rotatable bonds is 4. The van der Waals surface area contributed by atoms with Gasteiger partial charge >= 0.3 is 0 Å². The first kappa shape index (κ1) is 29.0. The van der Waals surface area contributed by atoms with Crippen molar-refractivity contribution in [3.63, 3.8) is 0 Å². The summed E-state index contributed by atoms with van der Waals surface area (Å²) in [6.45, 7) is 0. The van der Waals surface area contributed by atoms with Gasteiger partial charge in [0.15, 0.2) is 5.58 Å². The molecule has 10 aromatic rings. The van der Waals surface area contributed by atoms with Crippen LogP contribution in [0.15, 0.2) is 162 Å². The second-order valence-corrected chi connectivity index (χ2v) is 14.4. The summed E-state index contributed by atoms with van der Waals surface area (Å²) >= 11 is 1.81. The maximum Gasteiger partial charge on any atom is 0.153 e. The first-order chi connectivity index (χ1) is 25.3. The van der Waals surface area contributed by atoms with E-state index in [4.69, 9.17) is 9.73 Å². The lowest BCUT2D eigenvalue weighted by Gasteiger charge is -2.50. The van der Waals surface area contributed by atoms with Crippen LogP contribution in [0, 0.1) is 0 Å². The van der Waals surface area contributed by atoms with Crippen molar-refractivity contribution in [2.24, 2.45) is 0 Å². The zero-order valence-electron chi connectivity index (χ0n) is 27.5. The average molecular weight is 676 g/mol. The van der Waals surface area contributed by atoms with Crippen LogP contribution in [0.4, 0.5) is 0 Å². The number of aromatic nitrogens is 1. The third-order valence-electron chi connectivity index (χ3n) is 10.4. The monoisotopic (exact) mass is 675 g/mol. The minimum atomic E-state index is -0.309. The quantitative estimate of drug-likeness (QED) is 0.195. The second-order valence-electron chi connectivity index (χ2n) is 13.4. The number of para-hydroxylation sites is 2. The predicted octanol–water partition coefficient (Wildman–Crippen LogP) is 12.1. The summed E-state index contributed by atoms with van der Waals surface area (Å²) in [7, 11) is 0. The SMILES string of the molecule is c1ccc(-c2ccc3sc4c(ccc5c6ccc(C7[N-]C(n8c9ccccc9c9ccccc98)NC(c8ccccc8)N7)cc6oc54)c3c2)cc1. The maximum absolute atomic E-state index is 6.79. The highest BCUT2D eigenvalue weighted by Crippen LogP contribution is 2.44. The van der Waals surface area contributed by atoms with Crippen LogP contribution in [0.3, 0.4) is 0 Å². The van der Waals surface area contributed by atoms with Gasteiger partial charge in [-0.2, -0.15) is 0 Å². The molecule has 3 aromatic heterocycles. The summed E-state index contributed by atoms with van der Waals surface area (Å²) in [5.74, 6) is 0. The largest absolute Gasteiger partial charge is 0.610 e. The Kier molecular flexibility index (Phi) is 6.48. The highest BCUT2D eigenvalue weighted by atomic mass is 32.1. The lowest BCUT2D eigenvalue weighted by Crippen LogP contribution is -2.46. The fourth-order valence-corrected chi connectivity index (χ4v) is 9.19. The fraction of sp³-hybridized carbons (Fsp3) is 0.0667. The topological polar surface area (TPSA) is 56.2 Å². The van der Waals surface area contributed by atoms with Gasteiger partial charge in [-0.1, -0.05) is 127 Å². The zero-order chi connectivity index (χ0) is 33.5. The third-order valence-corrected chi connectivity index (χ3v) is 11.6. The molecule has 2 N–H and O–H groups in total. The van der Waals surface area contributed by atoms with Gasteiger partial charge in [0, 0.05) is 48.1 Å². The Balaban J connectivity index is 1.03. The molecule has 4 heterocycles. The molecule has 1 saturated heterocycles. The highest BCUT2D eigenvalue weighted by molar-refractivity contribution is 7.26. The molecular formula is C45H31N4OS-. The van der Waals surface area contributed by atoms with Crippen molar-refractivity contribution in [3.05, 3.63) is 174 Å². The molecule has 7 aromatic carbocycles. The van der Waals surface area contributed by atoms with Gasteiger partial charge in [-0.25, -0.2) is 0 Å². The summed E-state index contributed by atoms with van der Waals surface area (Å²) in [4.78, 5) is 0. The Morgan fingerprint density at radius 3 is 2.00 bits per heavy atom. The smallest absolute Gasteiger partial charge is 0.153 e. The van der Waals surface area contributed by atoms with E-state index >= 15 is 0 Å². The molecule has 51 heavy (non-hydrogen) atoms. The molecule has 1 fully saturated rings. The van der Waals surface area contributed by atoms with Crippen molar-refractivity contribution in [3.8, 4) is 11.1 Å². The Labute approximate surface area is 297 Å². The molecule has 0 aliphatic carbocycles. The molecule has 0 bridgehead atoms. The maximum atomic E-state index is 6.79. The second kappa shape index (κ2) is 11.4. The Morgan fingerprint density at radius 1 is 0.529 bits per heavy atom. The van der Waals surface area contributed by atoms with Crippen LogP contribution in [0.25, 0.3) is 80.4 Å². The Hall–Kier alpha value is -5.76. The van der Waals surface area contributed by atoms with Crippen molar-refractivity contribution < 1.29 is 4.42 Å². The van der Waals surface area contributed by atoms with E-state index < -0.39 is 0 Å². The first-order valence-corrected chi connectivity index (χ1v) is 18.2. The molecule has 0 amide bonds. The minimum absolute atomic E-state index is 0.121. The van der Waals surface area contributed by atoms with Gasteiger partial charge < -0.3 is 19.6 Å². The molecule has 0 saturated carbocycles. The summed E-state index contributed by atoms with van der Waals surface area (Å²) in [5.41, 5.74) is 8.81. The normalized spacial score (nSPS) is 18.2. The van der Waals surface area contributed by atoms with Crippen LogP contribution < -0.4 is 10.6 Å². The molecule has 1 aliphatic heterocycles. The number of nitrogens with zero attached hydrogens (tertiary/aromatic N) is 2. The standard InChI is InChI=1S/C45H31N4OS/c1-3-11-27(12-4-1)29-20-24-40-36(25-29)35-23-22-34-33-21-19-30(26-39(33)50-41(34)42(35)51-40)44-46-43(28-13-5-2-6-14-28)47-45(48-44)49-37-17-9-7-15-31(37)32-16-8-10-18-38(32)49/h1-26,43-47H/q-1. The summed E-state index contributed by atoms with van der Waals surface area (Å²) in [6, 6.07) is 56.2. The van der Waals surface area contributed by atoms with Crippen molar-refractivity contribution >= 4 is 75.3 Å². The van der Waals surface area contributed by atoms with Crippen LogP contribution in [0.1, 0.15) is 29.7 Å². The Morgan fingerprint density at radius 2 is 1.22 bits per heavy atom. The molecule has 6 heteroatoms. The molecule has 5 nitrogen and oxygen atoms in total. The van der Waals surface area contributed by atoms with Crippen molar-refractivity contribution in [1.82, 2.24) is 15.2 Å². The summed E-state index contributed by atoms with van der Waals surface area (Å²) < 4.78 is 11.6. The lowest BCUT2D eigenvalue weighted by atomic mass is 10.0. The molecular weight excluding hydrogens is 645 g/mol. The van der Waals surface area contributed by atoms with Crippen LogP contribution in [0.2, 0.25) is 0 Å². The number of hydrogen-bond acceptors (Lipinski definition) is 4. The number of thiophene rings is 1. The van der Waals surface area contributed by atoms with E-state index in [9.17, 15) is 0 Å². The molecule has 244 valence electrons. The van der Waals surface area contributed by atoms with E-state index in [0.717, 1.165) is 44.1 Å². The van der Waals surface area contributed by atoms with Gasteiger partial charge in [-0.3, -0.25) is 5.32 Å². The van der Waals surface area contributed by atoms with E-state index in [0.29, 0.717) is 0 Å². The first-order valence-electron chi connectivity index (χ1n) is 17.4. The number of furan rings is 1. The van der Waals surface area contributed by atoms with E-state index in [1.807, 2.05) is 0 Å². The van der Waals surface area contributed by atoms with Crippen LogP contribution in [-0.4, -0.2) is 4.57 Å². The van der Waals surface area contributed by atoms with Gasteiger partial charge in [0.05, 0.1) is 10.9 Å². The third kappa shape index (κ3) is 4.58. The molecule has 11 rings (SSSR count). The predicted molar refractivity (Wildman–Crippen MR) is 212 cm³/mol. The summed E-state index contributed by atoms with van der Waals surface area (Å²) in [6.07, 6.45) is -0.708. The lowest BCUT2D eigenvalue weighted by molar-refractivity contribution is 0.275. The minimum Gasteiger partial charge on any atom is -0.610 e. The average Bonchev–Trinajstić information content (AvgIpc) is 3.87. The number of fused-ring (bicyclic) bond motifs is 10. The van der Waals surface area contributed by atoms with Gasteiger partial charge in [0.1, 0.15) is 5.58 Å². The number of nitrogens with one attached hydrogen (secondary N) is 2. The van der Waals surface area contributed by atoms with Crippen LogP contribution >= 0.6 is 11.3 Å². The van der Waals surface area contributed by atoms with Gasteiger partial charge in [-0.05, 0) is 64.9 Å². The number of benzene rings is 7. The van der Waals surface area contributed by atoms with Gasteiger partial charge in [-0.15, -0.1) is 11.3 Å². The number of hydrogen-bond donors (Lipinski definition) is 2. The van der Waals surface area contributed by atoms with E-state index in [2.05, 4.69) is 173 Å². The van der Waals surface area contributed by atoms with Crippen molar-refractivity contribution in [2.45, 2.75) is 18.6 Å².